The second kappa shape index (κ2) is 5.89. The summed E-state index contributed by atoms with van der Waals surface area (Å²) in [7, 11) is -3.16. The highest BCUT2D eigenvalue weighted by molar-refractivity contribution is 7.88. The van der Waals surface area contributed by atoms with Crippen molar-refractivity contribution >= 4 is 10.0 Å². The molecule has 1 aromatic carbocycles. The predicted molar refractivity (Wildman–Crippen MR) is 82.0 cm³/mol. The van der Waals surface area contributed by atoms with Crippen LogP contribution in [0.25, 0.3) is 11.3 Å². The van der Waals surface area contributed by atoms with E-state index in [0.717, 1.165) is 0 Å². The van der Waals surface area contributed by atoms with Crippen LogP contribution >= 0.6 is 0 Å². The lowest BCUT2D eigenvalue weighted by molar-refractivity contribution is 0.190. The highest BCUT2D eigenvalue weighted by Crippen LogP contribution is 2.27. The lowest BCUT2D eigenvalue weighted by Crippen LogP contribution is -2.50. The topological polar surface area (TPSA) is 77.3 Å². The van der Waals surface area contributed by atoms with E-state index in [4.69, 9.17) is 4.74 Å². The molecule has 0 saturated carbocycles. The molecule has 1 aliphatic heterocycles. The molecule has 124 valence electrons. The van der Waals surface area contributed by atoms with Gasteiger partial charge in [0, 0.05) is 18.7 Å². The molecule has 0 unspecified atom stereocenters. The van der Waals surface area contributed by atoms with Crippen molar-refractivity contribution in [2.45, 2.75) is 13.0 Å². The average Bonchev–Trinajstić information content (AvgIpc) is 2.87. The van der Waals surface area contributed by atoms with Crippen molar-refractivity contribution in [3.8, 4) is 17.0 Å². The van der Waals surface area contributed by atoms with Crippen molar-refractivity contribution in [2.75, 3.05) is 26.0 Å². The zero-order chi connectivity index (χ0) is 16.6. The molecule has 0 aliphatic carbocycles. The highest BCUT2D eigenvalue weighted by Gasteiger charge is 2.35. The third-order valence-corrected chi connectivity index (χ3v) is 4.95. The normalized spacial score (nSPS) is 16.3. The van der Waals surface area contributed by atoms with Gasteiger partial charge in [0.2, 0.25) is 10.0 Å². The van der Waals surface area contributed by atoms with Crippen LogP contribution in [0.3, 0.4) is 0 Å². The minimum atomic E-state index is -3.16. The number of nitrogens with zero attached hydrogens (tertiary/aromatic N) is 4. The quantitative estimate of drug-likeness (QED) is 0.820. The van der Waals surface area contributed by atoms with Gasteiger partial charge in [0.25, 0.3) is 0 Å². The molecule has 2 heterocycles. The second-order valence-electron chi connectivity index (χ2n) is 5.40. The van der Waals surface area contributed by atoms with E-state index in [9.17, 15) is 12.8 Å². The molecule has 7 nitrogen and oxygen atoms in total. The molecule has 1 fully saturated rings. The zero-order valence-electron chi connectivity index (χ0n) is 12.8. The Morgan fingerprint density at radius 1 is 1.39 bits per heavy atom. The fraction of sp³-hybridized carbons (Fsp3) is 0.429. The lowest BCUT2D eigenvalue weighted by atomic mass is 10.1. The molecule has 1 aromatic heterocycles. The maximum absolute atomic E-state index is 13.9. The van der Waals surface area contributed by atoms with Gasteiger partial charge >= 0.3 is 0 Å². The Kier molecular flexibility index (Phi) is 4.07. The van der Waals surface area contributed by atoms with E-state index < -0.39 is 15.8 Å². The van der Waals surface area contributed by atoms with Gasteiger partial charge in [-0.1, -0.05) is 5.21 Å². The molecule has 0 atom stereocenters. The molecule has 0 spiro atoms. The molecule has 3 rings (SSSR count). The molecule has 1 aliphatic rings. The van der Waals surface area contributed by atoms with E-state index in [2.05, 4.69) is 10.3 Å². The summed E-state index contributed by atoms with van der Waals surface area (Å²) in [6.45, 7) is 2.93. The molecule has 2 aromatic rings. The van der Waals surface area contributed by atoms with Crippen LogP contribution in [0.5, 0.6) is 5.75 Å². The van der Waals surface area contributed by atoms with Gasteiger partial charge in [0.05, 0.1) is 25.1 Å². The van der Waals surface area contributed by atoms with E-state index in [0.29, 0.717) is 31.0 Å². The van der Waals surface area contributed by atoms with Crippen molar-refractivity contribution in [1.82, 2.24) is 19.3 Å². The van der Waals surface area contributed by atoms with Gasteiger partial charge in [-0.2, -0.15) is 4.31 Å². The fourth-order valence-corrected chi connectivity index (χ4v) is 3.26. The molecule has 0 amide bonds. The van der Waals surface area contributed by atoms with Crippen LogP contribution in [0, 0.1) is 5.82 Å². The van der Waals surface area contributed by atoms with Gasteiger partial charge in [0.1, 0.15) is 5.69 Å². The Bertz CT molecular complexity index is 815. The first-order chi connectivity index (χ1) is 10.9. The maximum Gasteiger partial charge on any atom is 0.211 e. The van der Waals surface area contributed by atoms with Crippen LogP contribution in [0.1, 0.15) is 13.0 Å². The molecular formula is C14H17FN4O3S. The summed E-state index contributed by atoms with van der Waals surface area (Å²) in [5, 5.41) is 8.04. The summed E-state index contributed by atoms with van der Waals surface area (Å²) in [6.07, 6.45) is 2.87. The first kappa shape index (κ1) is 15.9. The molecule has 23 heavy (non-hydrogen) atoms. The van der Waals surface area contributed by atoms with Crippen LogP contribution in [0.4, 0.5) is 4.39 Å². The van der Waals surface area contributed by atoms with Gasteiger partial charge in [-0.15, -0.1) is 5.10 Å². The third-order valence-electron chi connectivity index (χ3n) is 3.71. The molecule has 0 radical (unpaired) electrons. The summed E-state index contributed by atoms with van der Waals surface area (Å²) in [6, 6.07) is 4.58. The van der Waals surface area contributed by atoms with Crippen molar-refractivity contribution in [3.63, 3.8) is 0 Å². The first-order valence-electron chi connectivity index (χ1n) is 7.18. The molecule has 9 heteroatoms. The van der Waals surface area contributed by atoms with Crippen LogP contribution in [-0.2, 0) is 10.0 Å². The van der Waals surface area contributed by atoms with Crippen molar-refractivity contribution in [3.05, 3.63) is 30.2 Å². The number of rotatable bonds is 5. The summed E-state index contributed by atoms with van der Waals surface area (Å²) in [4.78, 5) is 0. The lowest BCUT2D eigenvalue weighted by Gasteiger charge is -2.36. The van der Waals surface area contributed by atoms with Crippen LogP contribution < -0.4 is 4.74 Å². The number of hydrogen-bond donors (Lipinski definition) is 0. The Hall–Kier alpha value is -2.00. The minimum absolute atomic E-state index is 0.0430. The van der Waals surface area contributed by atoms with Gasteiger partial charge in [0.15, 0.2) is 11.6 Å². The first-order valence-corrected chi connectivity index (χ1v) is 9.03. The van der Waals surface area contributed by atoms with Gasteiger partial charge in [-0.25, -0.2) is 17.5 Å². The number of ether oxygens (including phenoxy) is 1. The fourth-order valence-electron chi connectivity index (χ4n) is 2.37. The maximum atomic E-state index is 13.9. The standard InChI is InChI=1S/C14H17FN4O3S/c1-3-22-14-5-4-10(6-12(14)15)13-9-19(17-16-13)11-7-18(8-11)23(2,20)21/h4-6,9,11H,3,7-8H2,1-2H3. The highest BCUT2D eigenvalue weighted by atomic mass is 32.2. The molecule has 0 N–H and O–H groups in total. The zero-order valence-corrected chi connectivity index (χ0v) is 13.6. The van der Waals surface area contributed by atoms with Crippen molar-refractivity contribution in [2.24, 2.45) is 0 Å². The van der Waals surface area contributed by atoms with Crippen molar-refractivity contribution in [1.29, 1.82) is 0 Å². The second-order valence-corrected chi connectivity index (χ2v) is 7.38. The summed E-state index contributed by atoms with van der Waals surface area (Å²) >= 11 is 0. The Morgan fingerprint density at radius 2 is 2.13 bits per heavy atom. The predicted octanol–water partition coefficient (Wildman–Crippen LogP) is 1.30. The number of aromatic nitrogens is 3. The number of halogens is 1. The number of benzene rings is 1. The summed E-state index contributed by atoms with van der Waals surface area (Å²) in [5.41, 5.74) is 1.13. The average molecular weight is 340 g/mol. The minimum Gasteiger partial charge on any atom is -0.491 e. The van der Waals surface area contributed by atoms with Crippen LogP contribution in [-0.4, -0.2) is 53.7 Å². The van der Waals surface area contributed by atoms with E-state index in [1.807, 2.05) is 0 Å². The van der Waals surface area contributed by atoms with Crippen LogP contribution in [0.15, 0.2) is 24.4 Å². The summed E-state index contributed by atoms with van der Waals surface area (Å²) in [5.74, 6) is -0.253. The Balaban J connectivity index is 1.74. The van der Waals surface area contributed by atoms with E-state index in [1.165, 1.54) is 16.6 Å². The molecular weight excluding hydrogens is 323 g/mol. The SMILES string of the molecule is CCOc1ccc(-c2cn(C3CN(S(C)(=O)=O)C3)nn2)cc1F. The number of sulfonamides is 1. The largest absolute Gasteiger partial charge is 0.491 e. The third kappa shape index (κ3) is 3.20. The van der Waals surface area contributed by atoms with Crippen LogP contribution in [0.2, 0.25) is 0 Å². The summed E-state index contributed by atoms with van der Waals surface area (Å²) < 4.78 is 44.8. The smallest absolute Gasteiger partial charge is 0.211 e. The van der Waals surface area contributed by atoms with E-state index >= 15 is 0 Å². The molecule has 1 saturated heterocycles. The van der Waals surface area contributed by atoms with E-state index in [1.54, 1.807) is 29.9 Å². The number of hydrogen-bond acceptors (Lipinski definition) is 5. The molecule has 0 bridgehead atoms. The van der Waals surface area contributed by atoms with Gasteiger partial charge < -0.3 is 4.74 Å². The van der Waals surface area contributed by atoms with Gasteiger partial charge in [-0.05, 0) is 25.1 Å². The Morgan fingerprint density at radius 3 is 2.74 bits per heavy atom. The van der Waals surface area contributed by atoms with Gasteiger partial charge in [-0.3, -0.25) is 0 Å². The van der Waals surface area contributed by atoms with Crippen molar-refractivity contribution < 1.29 is 17.5 Å². The van der Waals surface area contributed by atoms with E-state index in [-0.39, 0.29) is 11.8 Å². The monoisotopic (exact) mass is 340 g/mol. The Labute approximate surface area is 133 Å².